The molecular weight excluding hydrogens is 438 g/mol. The Morgan fingerprint density at radius 3 is 2.64 bits per heavy atom. The molecule has 2 saturated heterocycles. The first-order valence-corrected chi connectivity index (χ1v) is 12.8. The Labute approximate surface area is 200 Å². The Balaban J connectivity index is 1.35. The molecule has 2 bridgehead atoms. The van der Waals surface area contributed by atoms with Crippen LogP contribution in [0.2, 0.25) is 5.02 Å². The van der Waals surface area contributed by atoms with Gasteiger partial charge in [-0.3, -0.25) is 14.7 Å². The molecular formula is C26H32ClN3O3. The van der Waals surface area contributed by atoms with Crippen molar-refractivity contribution in [3.8, 4) is 0 Å². The molecule has 6 nitrogen and oxygen atoms in total. The van der Waals surface area contributed by atoms with Crippen molar-refractivity contribution in [3.63, 3.8) is 0 Å². The minimum atomic E-state index is -0.223. The third kappa shape index (κ3) is 4.30. The molecule has 0 spiro atoms. The number of hydrogen-bond acceptors (Lipinski definition) is 4. The van der Waals surface area contributed by atoms with Crippen molar-refractivity contribution >= 4 is 34.5 Å². The van der Waals surface area contributed by atoms with Gasteiger partial charge < -0.3 is 9.64 Å². The van der Waals surface area contributed by atoms with Crippen LogP contribution >= 0.6 is 11.6 Å². The lowest BCUT2D eigenvalue weighted by atomic mass is 9.91. The molecule has 0 N–H and O–H groups in total. The van der Waals surface area contributed by atoms with Crippen LogP contribution in [0.15, 0.2) is 18.2 Å². The van der Waals surface area contributed by atoms with Gasteiger partial charge in [0, 0.05) is 29.7 Å². The number of ether oxygens (including phenoxy) is 1. The van der Waals surface area contributed by atoms with Gasteiger partial charge in [0.05, 0.1) is 29.2 Å². The minimum absolute atomic E-state index is 0.00319. The predicted octanol–water partition coefficient (Wildman–Crippen LogP) is 5.38. The Bertz CT molecular complexity index is 1060. The molecule has 2 aliphatic heterocycles. The molecule has 2 aromatic rings. The summed E-state index contributed by atoms with van der Waals surface area (Å²) in [6, 6.07) is 5.75. The van der Waals surface area contributed by atoms with Crippen LogP contribution in [0.1, 0.15) is 73.5 Å². The van der Waals surface area contributed by atoms with Gasteiger partial charge in [-0.25, -0.2) is 4.79 Å². The fourth-order valence-corrected chi connectivity index (χ4v) is 6.00. The average Bonchev–Trinajstić information content (AvgIpc) is 2.82. The second-order valence-electron chi connectivity index (χ2n) is 9.61. The Kier molecular flexibility index (Phi) is 6.46. The molecule has 3 heterocycles. The van der Waals surface area contributed by atoms with Crippen molar-refractivity contribution in [2.24, 2.45) is 0 Å². The monoisotopic (exact) mass is 469 g/mol. The van der Waals surface area contributed by atoms with Crippen LogP contribution in [-0.2, 0) is 17.6 Å². The highest BCUT2D eigenvalue weighted by Gasteiger charge is 2.42. The first-order valence-electron chi connectivity index (χ1n) is 12.4. The zero-order valence-electron chi connectivity index (χ0n) is 19.3. The highest BCUT2D eigenvalue weighted by molar-refractivity contribution is 6.36. The van der Waals surface area contributed by atoms with Gasteiger partial charge in [0.25, 0.3) is 5.91 Å². The zero-order chi connectivity index (χ0) is 22.9. The lowest BCUT2D eigenvalue weighted by Gasteiger charge is -2.49. The summed E-state index contributed by atoms with van der Waals surface area (Å²) in [6.07, 6.45) is 8.76. The molecule has 1 aromatic heterocycles. The number of fused-ring (bicyclic) bond motifs is 4. The number of likely N-dealkylation sites (tertiary alicyclic amines) is 1. The fraction of sp³-hybridized carbons (Fsp3) is 0.577. The number of halogens is 1. The molecule has 3 aliphatic rings. The number of amides is 2. The quantitative estimate of drug-likeness (QED) is 0.564. The van der Waals surface area contributed by atoms with Gasteiger partial charge in [-0.2, -0.15) is 0 Å². The SMILES string of the molecule is CCCCOC(=O)N1C2CCCC1CN(C(=O)c1ccc3c(Cl)c4c(nc3c1)CCCC4)C2. The molecule has 1 aliphatic carbocycles. The summed E-state index contributed by atoms with van der Waals surface area (Å²) in [4.78, 5) is 34.9. The Morgan fingerprint density at radius 1 is 1.12 bits per heavy atom. The zero-order valence-corrected chi connectivity index (χ0v) is 20.1. The van der Waals surface area contributed by atoms with E-state index in [1.54, 1.807) is 0 Å². The number of rotatable bonds is 4. The number of aryl methyl sites for hydroxylation is 1. The van der Waals surface area contributed by atoms with Crippen molar-refractivity contribution in [2.75, 3.05) is 19.7 Å². The summed E-state index contributed by atoms with van der Waals surface area (Å²) in [6.45, 7) is 3.64. The van der Waals surface area contributed by atoms with E-state index in [9.17, 15) is 9.59 Å². The maximum Gasteiger partial charge on any atom is 0.410 e. The Morgan fingerprint density at radius 2 is 1.88 bits per heavy atom. The van der Waals surface area contributed by atoms with Crippen molar-refractivity contribution in [2.45, 2.75) is 76.8 Å². The number of benzene rings is 1. The van der Waals surface area contributed by atoms with E-state index in [1.165, 1.54) is 5.56 Å². The molecule has 5 rings (SSSR count). The van der Waals surface area contributed by atoms with Crippen LogP contribution < -0.4 is 0 Å². The number of aromatic nitrogens is 1. The number of unbranched alkanes of at least 4 members (excludes halogenated alkanes) is 1. The van der Waals surface area contributed by atoms with E-state index < -0.39 is 0 Å². The highest BCUT2D eigenvalue weighted by atomic mass is 35.5. The van der Waals surface area contributed by atoms with Gasteiger partial charge in [-0.05, 0) is 69.1 Å². The number of hydrogen-bond donors (Lipinski definition) is 0. The summed E-state index contributed by atoms with van der Waals surface area (Å²) in [5.41, 5.74) is 3.68. The lowest BCUT2D eigenvalue weighted by Crippen LogP contribution is -2.63. The third-order valence-electron chi connectivity index (χ3n) is 7.39. The number of carbonyl (C=O) groups excluding carboxylic acids is 2. The second kappa shape index (κ2) is 9.49. The molecule has 7 heteroatoms. The molecule has 176 valence electrons. The summed E-state index contributed by atoms with van der Waals surface area (Å²) in [5.74, 6) is 0.00319. The normalized spacial score (nSPS) is 22.2. The second-order valence-corrected chi connectivity index (χ2v) is 9.99. The van der Waals surface area contributed by atoms with Gasteiger partial charge in [-0.15, -0.1) is 0 Å². The average molecular weight is 470 g/mol. The minimum Gasteiger partial charge on any atom is -0.449 e. The van der Waals surface area contributed by atoms with Crippen LogP contribution in [0.5, 0.6) is 0 Å². The molecule has 0 saturated carbocycles. The maximum atomic E-state index is 13.5. The van der Waals surface area contributed by atoms with Crippen LogP contribution in [0.3, 0.4) is 0 Å². The first kappa shape index (κ1) is 22.5. The molecule has 33 heavy (non-hydrogen) atoms. The van der Waals surface area contributed by atoms with E-state index >= 15 is 0 Å². The van der Waals surface area contributed by atoms with Crippen LogP contribution in [-0.4, -0.2) is 58.6 Å². The maximum absolute atomic E-state index is 13.5. The topological polar surface area (TPSA) is 62.7 Å². The van der Waals surface area contributed by atoms with E-state index in [0.29, 0.717) is 25.3 Å². The van der Waals surface area contributed by atoms with Crippen molar-refractivity contribution in [1.29, 1.82) is 0 Å². The summed E-state index contributed by atoms with van der Waals surface area (Å²) >= 11 is 6.71. The lowest BCUT2D eigenvalue weighted by molar-refractivity contribution is -0.00699. The van der Waals surface area contributed by atoms with Crippen molar-refractivity contribution < 1.29 is 14.3 Å². The number of carbonyl (C=O) groups is 2. The van der Waals surface area contributed by atoms with E-state index in [4.69, 9.17) is 21.3 Å². The summed E-state index contributed by atoms with van der Waals surface area (Å²) in [7, 11) is 0. The fourth-order valence-electron chi connectivity index (χ4n) is 5.63. The molecule has 2 unspecified atom stereocenters. The number of pyridine rings is 1. The molecule has 2 amide bonds. The van der Waals surface area contributed by atoms with E-state index in [0.717, 1.165) is 79.4 Å². The number of piperidine rings is 1. The van der Waals surface area contributed by atoms with Crippen LogP contribution in [0.25, 0.3) is 10.9 Å². The molecule has 0 radical (unpaired) electrons. The number of nitrogens with zero attached hydrogens (tertiary/aromatic N) is 3. The van der Waals surface area contributed by atoms with Gasteiger partial charge in [0.15, 0.2) is 0 Å². The molecule has 2 atom stereocenters. The van der Waals surface area contributed by atoms with Crippen molar-refractivity contribution in [3.05, 3.63) is 40.0 Å². The third-order valence-corrected chi connectivity index (χ3v) is 7.82. The van der Waals surface area contributed by atoms with Crippen LogP contribution in [0, 0.1) is 0 Å². The predicted molar refractivity (Wildman–Crippen MR) is 129 cm³/mol. The van der Waals surface area contributed by atoms with Gasteiger partial charge >= 0.3 is 6.09 Å². The first-order chi connectivity index (χ1) is 16.1. The van der Waals surface area contributed by atoms with Gasteiger partial charge in [0.2, 0.25) is 0 Å². The summed E-state index contributed by atoms with van der Waals surface area (Å²) < 4.78 is 5.51. The number of piperazine rings is 1. The smallest absolute Gasteiger partial charge is 0.410 e. The van der Waals surface area contributed by atoms with Gasteiger partial charge in [0.1, 0.15) is 0 Å². The van der Waals surface area contributed by atoms with Gasteiger partial charge in [-0.1, -0.05) is 31.0 Å². The van der Waals surface area contributed by atoms with Crippen molar-refractivity contribution in [1.82, 2.24) is 14.8 Å². The van der Waals surface area contributed by atoms with E-state index in [1.807, 2.05) is 28.0 Å². The van der Waals surface area contributed by atoms with E-state index in [-0.39, 0.29) is 24.1 Å². The molecule has 1 aromatic carbocycles. The summed E-state index contributed by atoms with van der Waals surface area (Å²) in [5, 5.41) is 1.71. The molecule has 2 fully saturated rings. The van der Waals surface area contributed by atoms with E-state index in [2.05, 4.69) is 6.92 Å². The Hall–Kier alpha value is -2.34. The largest absolute Gasteiger partial charge is 0.449 e. The standard InChI is InChI=1S/C26H32ClN3O3/c1-2-3-13-33-26(32)30-18-7-6-8-19(30)16-29(15-18)25(31)17-11-12-21-23(14-17)28-22-10-5-4-9-20(22)24(21)27/h11-12,14,18-19H,2-10,13,15-16H2,1H3. The highest BCUT2D eigenvalue weighted by Crippen LogP contribution is 2.34. The van der Waals surface area contributed by atoms with Crippen LogP contribution in [0.4, 0.5) is 4.79 Å².